The molecule has 6 nitrogen and oxygen atoms in total. The highest BCUT2D eigenvalue weighted by Crippen LogP contribution is 2.27. The van der Waals surface area contributed by atoms with Crippen LogP contribution in [-0.4, -0.2) is 23.7 Å². The third-order valence-electron chi connectivity index (χ3n) is 2.19. The fourth-order valence-electron chi connectivity index (χ4n) is 1.25. The van der Waals surface area contributed by atoms with Gasteiger partial charge >= 0.3 is 14.1 Å². The summed E-state index contributed by atoms with van der Waals surface area (Å²) in [4.78, 5) is 22.1. The maximum Gasteiger partial charge on any atom is 0.395 e. The van der Waals surface area contributed by atoms with Gasteiger partial charge in [0.2, 0.25) is 0 Å². The van der Waals surface area contributed by atoms with E-state index in [0.717, 1.165) is 5.56 Å². The minimum absolute atomic E-state index is 0.422. The molecule has 0 saturated carbocycles. The highest BCUT2D eigenvalue weighted by molar-refractivity contribution is 7.34. The van der Waals surface area contributed by atoms with Gasteiger partial charge in [0.25, 0.3) is 0 Å². The molecule has 0 aliphatic carbocycles. The molecule has 3 N–H and O–H groups in total. The Kier molecular flexibility index (Phi) is 5.71. The molecule has 1 rings (SSSR count). The molecule has 1 aromatic rings. The molecule has 0 heterocycles. The average Bonchev–Trinajstić information content (AvgIpc) is 2.31. The molecular formula is C11H15N2O4P. The molecule has 0 saturated heterocycles. The number of rotatable bonds is 6. The van der Waals surface area contributed by atoms with Gasteiger partial charge in [-0.3, -0.25) is 4.52 Å². The van der Waals surface area contributed by atoms with Gasteiger partial charge in [-0.2, -0.15) is 0 Å². The van der Waals surface area contributed by atoms with Crippen molar-refractivity contribution in [3.05, 3.63) is 29.8 Å². The van der Waals surface area contributed by atoms with Crippen LogP contribution in [0.15, 0.2) is 29.0 Å². The van der Waals surface area contributed by atoms with E-state index in [1.165, 1.54) is 6.92 Å². The summed E-state index contributed by atoms with van der Waals surface area (Å²) >= 11 is 0. The van der Waals surface area contributed by atoms with Crippen molar-refractivity contribution >= 4 is 14.1 Å². The summed E-state index contributed by atoms with van der Waals surface area (Å²) < 4.78 is 8.67. The van der Waals surface area contributed by atoms with Crippen molar-refractivity contribution in [1.29, 1.82) is 0 Å². The van der Waals surface area contributed by atoms with E-state index in [4.69, 9.17) is 15.4 Å². The van der Waals surface area contributed by atoms with Gasteiger partial charge in [-0.1, -0.05) is 22.9 Å². The fourth-order valence-corrected chi connectivity index (χ4v) is 2.03. The molecule has 0 aliphatic rings. The van der Waals surface area contributed by atoms with E-state index >= 15 is 0 Å². The summed E-state index contributed by atoms with van der Waals surface area (Å²) in [6.45, 7) is 1.78. The molecule has 2 unspecified atom stereocenters. The van der Waals surface area contributed by atoms with Crippen LogP contribution in [0.1, 0.15) is 12.5 Å². The molecule has 0 aliphatic heterocycles. The van der Waals surface area contributed by atoms with E-state index in [9.17, 15) is 9.69 Å². The third kappa shape index (κ3) is 4.41. The van der Waals surface area contributed by atoms with Gasteiger partial charge < -0.3 is 15.7 Å². The molecule has 7 heteroatoms. The lowest BCUT2D eigenvalue weighted by Gasteiger charge is -2.05. The number of carboxylic acids is 1. The Morgan fingerprint density at radius 3 is 2.89 bits per heavy atom. The minimum Gasteiger partial charge on any atom is -0.575 e. The lowest BCUT2D eigenvalue weighted by Crippen LogP contribution is -2.13. The quantitative estimate of drug-likeness (QED) is 0.746. The van der Waals surface area contributed by atoms with Gasteiger partial charge in [0, 0.05) is 5.56 Å². The predicted octanol–water partition coefficient (Wildman–Crippen LogP) is 0.895. The van der Waals surface area contributed by atoms with Crippen LogP contribution in [0.25, 0.3) is 0 Å². The SMILES string of the molecule is CC(N=[P+]([O-])Oc1ccccc1CCN)C(=O)O. The number of nitrogens with two attached hydrogens (primary N) is 1. The molecule has 0 spiro atoms. The van der Waals surface area contributed by atoms with Gasteiger partial charge in [-0.25, -0.2) is 4.79 Å². The zero-order valence-corrected chi connectivity index (χ0v) is 10.8. The van der Waals surface area contributed by atoms with E-state index in [0.29, 0.717) is 18.7 Å². The van der Waals surface area contributed by atoms with E-state index < -0.39 is 20.2 Å². The lowest BCUT2D eigenvalue weighted by atomic mass is 10.1. The number of carboxylic acid groups (broad SMARTS) is 1. The first-order valence-electron chi connectivity index (χ1n) is 5.41. The van der Waals surface area contributed by atoms with Crippen molar-refractivity contribution in [3.8, 4) is 5.75 Å². The van der Waals surface area contributed by atoms with Crippen LogP contribution in [0.2, 0.25) is 0 Å². The number of carbonyl (C=O) groups is 1. The van der Waals surface area contributed by atoms with E-state index in [1.807, 2.05) is 12.1 Å². The van der Waals surface area contributed by atoms with Crippen molar-refractivity contribution in [2.75, 3.05) is 6.54 Å². The summed E-state index contributed by atoms with van der Waals surface area (Å²) in [5.41, 5.74) is 6.27. The van der Waals surface area contributed by atoms with Gasteiger partial charge in [0.15, 0.2) is 11.8 Å². The molecule has 0 bridgehead atoms. The maximum absolute atomic E-state index is 11.5. The van der Waals surface area contributed by atoms with Crippen LogP contribution in [0.5, 0.6) is 5.75 Å². The fraction of sp³-hybridized carbons (Fsp3) is 0.364. The number of benzene rings is 1. The van der Waals surface area contributed by atoms with Crippen LogP contribution in [0.4, 0.5) is 0 Å². The number of aliphatic carboxylic acids is 1. The molecule has 0 fully saturated rings. The van der Waals surface area contributed by atoms with Crippen molar-refractivity contribution in [1.82, 2.24) is 0 Å². The lowest BCUT2D eigenvalue weighted by molar-refractivity contribution is -0.169. The predicted molar refractivity (Wildman–Crippen MR) is 66.3 cm³/mol. The van der Waals surface area contributed by atoms with Gasteiger partial charge in [0.05, 0.1) is 0 Å². The number of para-hydroxylation sites is 1. The number of hydrogen-bond donors (Lipinski definition) is 2. The molecular weight excluding hydrogens is 255 g/mol. The zero-order chi connectivity index (χ0) is 13.5. The van der Waals surface area contributed by atoms with Crippen LogP contribution in [-0.2, 0) is 11.2 Å². The average molecular weight is 270 g/mol. The van der Waals surface area contributed by atoms with E-state index in [-0.39, 0.29) is 0 Å². The highest BCUT2D eigenvalue weighted by atomic mass is 31.1. The summed E-state index contributed by atoms with van der Waals surface area (Å²) in [5.74, 6) is -0.720. The van der Waals surface area contributed by atoms with Crippen LogP contribution < -0.4 is 15.2 Å². The Balaban J connectivity index is 2.81. The first-order chi connectivity index (χ1) is 8.54. The van der Waals surface area contributed by atoms with E-state index in [2.05, 4.69) is 4.74 Å². The molecule has 1 aromatic carbocycles. The summed E-state index contributed by atoms with van der Waals surface area (Å²) in [7, 11) is -2.40. The second kappa shape index (κ2) is 7.06. The van der Waals surface area contributed by atoms with Crippen molar-refractivity contribution < 1.29 is 19.3 Å². The monoisotopic (exact) mass is 270 g/mol. The van der Waals surface area contributed by atoms with Crippen LogP contribution >= 0.6 is 8.17 Å². The van der Waals surface area contributed by atoms with Gasteiger partial charge in [-0.15, -0.1) is 0 Å². The van der Waals surface area contributed by atoms with Crippen molar-refractivity contribution in [2.24, 2.45) is 10.5 Å². The minimum atomic E-state index is -2.40. The van der Waals surface area contributed by atoms with Crippen molar-refractivity contribution in [2.45, 2.75) is 19.4 Å². The summed E-state index contributed by atoms with van der Waals surface area (Å²) in [5, 5.41) is 8.64. The summed E-state index contributed by atoms with van der Waals surface area (Å²) in [6.07, 6.45) is 0.591. The number of nitrogens with zero attached hydrogens (tertiary/aromatic N) is 1. The highest BCUT2D eigenvalue weighted by Gasteiger charge is 2.16. The zero-order valence-electron chi connectivity index (χ0n) is 9.94. The normalized spacial score (nSPS) is 13.2. The first-order valence-corrected chi connectivity index (χ1v) is 6.54. The second-order valence-electron chi connectivity index (χ2n) is 3.61. The Morgan fingerprint density at radius 2 is 2.28 bits per heavy atom. The van der Waals surface area contributed by atoms with Gasteiger partial charge in [-0.05, 0) is 26.0 Å². The molecule has 0 amide bonds. The van der Waals surface area contributed by atoms with Crippen LogP contribution in [0, 0.1) is 0 Å². The molecule has 98 valence electrons. The van der Waals surface area contributed by atoms with Crippen molar-refractivity contribution in [3.63, 3.8) is 0 Å². The smallest absolute Gasteiger partial charge is 0.395 e. The molecule has 2 atom stereocenters. The van der Waals surface area contributed by atoms with E-state index in [1.54, 1.807) is 12.1 Å². The standard InChI is InChI=1S/C11H15N2O4P/c1-8(11(14)15)13-18(16)17-10-5-3-2-4-9(10)6-7-12/h2-5,8H,6-7,12H2,1H3,(H,14,15). The van der Waals surface area contributed by atoms with Gasteiger partial charge in [0.1, 0.15) is 0 Å². The molecule has 18 heavy (non-hydrogen) atoms. The Hall–Kier alpha value is -1.49. The van der Waals surface area contributed by atoms with Crippen LogP contribution in [0.3, 0.4) is 0 Å². The number of hydrogen-bond acceptors (Lipinski definition) is 5. The maximum atomic E-state index is 11.5. The Morgan fingerprint density at radius 1 is 1.61 bits per heavy atom. The third-order valence-corrected chi connectivity index (χ3v) is 3.08. The largest absolute Gasteiger partial charge is 0.575 e. The first kappa shape index (κ1) is 14.6. The Labute approximate surface area is 106 Å². The molecule has 0 aromatic heterocycles. The summed E-state index contributed by atoms with van der Waals surface area (Å²) in [6, 6.07) is 5.96. The second-order valence-corrected chi connectivity index (χ2v) is 4.49. The molecule has 0 radical (unpaired) electrons. The topological polar surface area (TPSA) is 108 Å². The Bertz CT molecular complexity index is 450.